The fraction of sp³-hybridized carbons (Fsp3) is 0.533. The van der Waals surface area contributed by atoms with Gasteiger partial charge in [-0.05, 0) is 42.5 Å². The molecule has 5 heteroatoms. The molecule has 0 fully saturated rings. The molecule has 110 valence electrons. The first kappa shape index (κ1) is 15.2. The molecule has 0 aromatic heterocycles. The lowest BCUT2D eigenvalue weighted by molar-refractivity contribution is -0.118. The Morgan fingerprint density at radius 2 is 2.35 bits per heavy atom. The summed E-state index contributed by atoms with van der Waals surface area (Å²) in [6.45, 7) is 5.31. The summed E-state index contributed by atoms with van der Waals surface area (Å²) in [5.74, 6) is 3.03. The summed E-state index contributed by atoms with van der Waals surface area (Å²) in [6.07, 6.45) is 1.17. The zero-order valence-corrected chi connectivity index (χ0v) is 12.9. The summed E-state index contributed by atoms with van der Waals surface area (Å²) in [5.41, 5.74) is 1.93. The highest BCUT2D eigenvalue weighted by Gasteiger charge is 2.15. The molecular weight excluding hydrogens is 272 g/mol. The Bertz CT molecular complexity index is 465. The summed E-state index contributed by atoms with van der Waals surface area (Å²) in [7, 11) is 0. The number of carbonyl (C=O) groups excluding carboxylic acids is 1. The fourth-order valence-electron chi connectivity index (χ4n) is 2.04. The molecule has 20 heavy (non-hydrogen) atoms. The summed E-state index contributed by atoms with van der Waals surface area (Å²) in [6, 6.07) is 6.43. The van der Waals surface area contributed by atoms with Gasteiger partial charge >= 0.3 is 0 Å². The number of amides is 1. The molecule has 0 aliphatic carbocycles. The first-order valence-electron chi connectivity index (χ1n) is 7.05. The molecule has 1 amide bonds. The third-order valence-corrected chi connectivity index (χ3v) is 4.16. The topological polar surface area (TPSA) is 50.4 Å². The lowest BCUT2D eigenvalue weighted by Gasteiger charge is -2.19. The minimum absolute atomic E-state index is 0.0902. The van der Waals surface area contributed by atoms with E-state index < -0.39 is 0 Å². The van der Waals surface area contributed by atoms with Gasteiger partial charge in [-0.2, -0.15) is 11.8 Å². The number of fused-ring (bicyclic) bond motifs is 1. The van der Waals surface area contributed by atoms with Crippen LogP contribution in [0.5, 0.6) is 5.75 Å². The van der Waals surface area contributed by atoms with Gasteiger partial charge < -0.3 is 15.4 Å². The van der Waals surface area contributed by atoms with Crippen LogP contribution >= 0.6 is 11.8 Å². The second-order valence-corrected chi connectivity index (χ2v) is 6.33. The number of carbonyl (C=O) groups is 1. The quantitative estimate of drug-likeness (QED) is 0.759. The number of nitrogens with one attached hydrogen (secondary N) is 2. The van der Waals surface area contributed by atoms with E-state index in [0.29, 0.717) is 6.04 Å². The van der Waals surface area contributed by atoms with Crippen molar-refractivity contribution in [2.75, 3.05) is 23.4 Å². The summed E-state index contributed by atoms with van der Waals surface area (Å²) < 4.78 is 5.35. The van der Waals surface area contributed by atoms with Crippen molar-refractivity contribution in [3.05, 3.63) is 23.8 Å². The first-order valence-corrected chi connectivity index (χ1v) is 8.21. The van der Waals surface area contributed by atoms with Gasteiger partial charge in [0, 0.05) is 12.6 Å². The Labute approximate surface area is 124 Å². The molecule has 1 aliphatic heterocycles. The number of hydrogen-bond acceptors (Lipinski definition) is 4. The van der Waals surface area contributed by atoms with Gasteiger partial charge in [0.1, 0.15) is 5.75 Å². The van der Waals surface area contributed by atoms with Gasteiger partial charge in [-0.25, -0.2) is 0 Å². The fourth-order valence-corrected chi connectivity index (χ4v) is 2.85. The Hall–Kier alpha value is -1.20. The van der Waals surface area contributed by atoms with E-state index in [1.807, 2.05) is 30.0 Å². The van der Waals surface area contributed by atoms with Crippen molar-refractivity contribution in [3.63, 3.8) is 0 Å². The third-order valence-electron chi connectivity index (χ3n) is 3.23. The van der Waals surface area contributed by atoms with Crippen LogP contribution in [0.25, 0.3) is 0 Å². The highest BCUT2D eigenvalue weighted by molar-refractivity contribution is 7.99. The van der Waals surface area contributed by atoms with Crippen molar-refractivity contribution < 1.29 is 9.53 Å². The Kier molecular flexibility index (Phi) is 5.73. The largest absolute Gasteiger partial charge is 0.482 e. The highest BCUT2D eigenvalue weighted by atomic mass is 32.2. The van der Waals surface area contributed by atoms with E-state index in [4.69, 9.17) is 4.74 Å². The molecule has 0 spiro atoms. The molecule has 1 aromatic carbocycles. The molecule has 1 heterocycles. The van der Waals surface area contributed by atoms with Gasteiger partial charge in [-0.1, -0.05) is 13.0 Å². The van der Waals surface area contributed by atoms with Crippen molar-refractivity contribution in [1.82, 2.24) is 5.32 Å². The average Bonchev–Trinajstić information content (AvgIpc) is 2.45. The monoisotopic (exact) mass is 294 g/mol. The zero-order chi connectivity index (χ0) is 14.4. The van der Waals surface area contributed by atoms with Crippen LogP contribution in [0.2, 0.25) is 0 Å². The van der Waals surface area contributed by atoms with Gasteiger partial charge in [0.25, 0.3) is 5.91 Å². The number of hydrogen-bond donors (Lipinski definition) is 2. The molecular formula is C15H22N2O2S. The van der Waals surface area contributed by atoms with Crippen LogP contribution < -0.4 is 15.4 Å². The van der Waals surface area contributed by atoms with Crippen LogP contribution in [0.4, 0.5) is 5.69 Å². The van der Waals surface area contributed by atoms with Crippen molar-refractivity contribution >= 4 is 23.4 Å². The van der Waals surface area contributed by atoms with Crippen molar-refractivity contribution in [1.29, 1.82) is 0 Å². The smallest absolute Gasteiger partial charge is 0.262 e. The maximum absolute atomic E-state index is 11.3. The van der Waals surface area contributed by atoms with Gasteiger partial charge in [0.15, 0.2) is 6.61 Å². The second-order valence-electron chi connectivity index (χ2n) is 4.93. The zero-order valence-electron chi connectivity index (χ0n) is 12.1. The van der Waals surface area contributed by atoms with E-state index in [-0.39, 0.29) is 12.5 Å². The Morgan fingerprint density at radius 1 is 1.50 bits per heavy atom. The van der Waals surface area contributed by atoms with E-state index in [0.717, 1.165) is 23.5 Å². The van der Waals surface area contributed by atoms with Gasteiger partial charge in [0.2, 0.25) is 0 Å². The molecule has 1 unspecified atom stereocenters. The molecule has 4 nitrogen and oxygen atoms in total. The predicted octanol–water partition coefficient (Wildman–Crippen LogP) is 2.64. The standard InChI is InChI=1S/C15H22N2O2S/c1-3-20-7-6-11(2)16-9-12-4-5-14-13(8-12)17-15(18)10-19-14/h4-5,8,11,16H,3,6-7,9-10H2,1-2H3,(H,17,18). The normalized spacial score (nSPS) is 15.2. The van der Waals surface area contributed by atoms with E-state index in [9.17, 15) is 4.79 Å². The molecule has 2 N–H and O–H groups in total. The van der Waals surface area contributed by atoms with Crippen LogP contribution in [0.1, 0.15) is 25.8 Å². The summed E-state index contributed by atoms with van der Waals surface area (Å²) >= 11 is 1.97. The maximum Gasteiger partial charge on any atom is 0.262 e. The van der Waals surface area contributed by atoms with Crippen LogP contribution in [0.3, 0.4) is 0 Å². The lowest BCUT2D eigenvalue weighted by atomic mass is 10.1. The molecule has 2 rings (SSSR count). The predicted molar refractivity (Wildman–Crippen MR) is 84.5 cm³/mol. The van der Waals surface area contributed by atoms with E-state index in [2.05, 4.69) is 24.5 Å². The summed E-state index contributed by atoms with van der Waals surface area (Å²) in [5, 5.41) is 6.34. The number of rotatable bonds is 7. The minimum Gasteiger partial charge on any atom is -0.482 e. The van der Waals surface area contributed by atoms with Crippen LogP contribution in [0.15, 0.2) is 18.2 Å². The molecule has 1 aliphatic rings. The van der Waals surface area contributed by atoms with Crippen molar-refractivity contribution in [2.45, 2.75) is 32.9 Å². The SMILES string of the molecule is CCSCCC(C)NCc1ccc2c(c1)NC(=O)CO2. The molecule has 0 radical (unpaired) electrons. The average molecular weight is 294 g/mol. The molecule has 0 bridgehead atoms. The van der Waals surface area contributed by atoms with Crippen LogP contribution in [-0.4, -0.2) is 30.1 Å². The number of ether oxygens (including phenoxy) is 1. The number of anilines is 1. The highest BCUT2D eigenvalue weighted by Crippen LogP contribution is 2.28. The van der Waals surface area contributed by atoms with Crippen molar-refractivity contribution in [3.8, 4) is 5.75 Å². The summed E-state index contributed by atoms with van der Waals surface area (Å²) in [4.78, 5) is 11.3. The lowest BCUT2D eigenvalue weighted by Crippen LogP contribution is -2.27. The van der Waals surface area contributed by atoms with E-state index >= 15 is 0 Å². The molecule has 1 atom stereocenters. The van der Waals surface area contributed by atoms with Gasteiger partial charge in [0.05, 0.1) is 5.69 Å². The van der Waals surface area contributed by atoms with E-state index in [1.165, 1.54) is 17.9 Å². The van der Waals surface area contributed by atoms with E-state index in [1.54, 1.807) is 0 Å². The minimum atomic E-state index is -0.0902. The third kappa shape index (κ3) is 4.42. The van der Waals surface area contributed by atoms with Crippen LogP contribution in [0, 0.1) is 0 Å². The number of benzene rings is 1. The second kappa shape index (κ2) is 7.55. The van der Waals surface area contributed by atoms with Crippen LogP contribution in [-0.2, 0) is 11.3 Å². The Balaban J connectivity index is 1.84. The van der Waals surface area contributed by atoms with Crippen molar-refractivity contribution in [2.24, 2.45) is 0 Å². The molecule has 1 aromatic rings. The molecule has 0 saturated carbocycles. The Morgan fingerprint density at radius 3 is 3.15 bits per heavy atom. The van der Waals surface area contributed by atoms with Gasteiger partial charge in [-0.3, -0.25) is 4.79 Å². The first-order chi connectivity index (χ1) is 9.69. The number of thioether (sulfide) groups is 1. The molecule has 0 saturated heterocycles. The van der Waals surface area contributed by atoms with Gasteiger partial charge in [-0.15, -0.1) is 0 Å². The maximum atomic E-state index is 11.3.